The van der Waals surface area contributed by atoms with Crippen molar-refractivity contribution >= 4 is 23.2 Å². The van der Waals surface area contributed by atoms with Crippen molar-refractivity contribution in [3.8, 4) is 11.8 Å². The van der Waals surface area contributed by atoms with Gasteiger partial charge in [-0.2, -0.15) is 5.26 Å². The van der Waals surface area contributed by atoms with Crippen LogP contribution < -0.4 is 15.6 Å². The lowest BCUT2D eigenvalue weighted by molar-refractivity contribution is -0.123. The summed E-state index contributed by atoms with van der Waals surface area (Å²) in [5, 5.41) is 8.70. The van der Waals surface area contributed by atoms with Gasteiger partial charge >= 0.3 is 0 Å². The summed E-state index contributed by atoms with van der Waals surface area (Å²) in [4.78, 5) is 25.4. The largest absolute Gasteiger partial charge is 0.484 e. The Bertz CT molecular complexity index is 775. The van der Waals surface area contributed by atoms with Crippen LogP contribution in [0.5, 0.6) is 5.75 Å². The van der Waals surface area contributed by atoms with Gasteiger partial charge in [-0.3, -0.25) is 20.4 Å². The minimum Gasteiger partial charge on any atom is -0.484 e. The van der Waals surface area contributed by atoms with Crippen LogP contribution in [0.25, 0.3) is 0 Å². The number of hydrogen-bond acceptors (Lipinski definition) is 5. The molecule has 0 aliphatic heterocycles. The molecule has 0 saturated heterocycles. The molecule has 24 heavy (non-hydrogen) atoms. The summed E-state index contributed by atoms with van der Waals surface area (Å²) in [6.45, 7) is 3.74. The number of carbonyl (C=O) groups is 2. The third-order valence-corrected chi connectivity index (χ3v) is 4.61. The molecule has 2 N–H and O–H groups in total. The van der Waals surface area contributed by atoms with Crippen LogP contribution in [0.1, 0.15) is 32.6 Å². The average molecular weight is 343 g/mol. The van der Waals surface area contributed by atoms with E-state index in [-0.39, 0.29) is 12.5 Å². The third kappa shape index (κ3) is 4.57. The van der Waals surface area contributed by atoms with E-state index in [0.29, 0.717) is 16.2 Å². The Hall–Kier alpha value is -2.85. The molecule has 0 fully saturated rings. The Morgan fingerprint density at radius 2 is 1.96 bits per heavy atom. The first kappa shape index (κ1) is 17.5. The number of rotatable bonds is 5. The summed E-state index contributed by atoms with van der Waals surface area (Å²) in [5.41, 5.74) is 6.26. The highest BCUT2D eigenvalue weighted by molar-refractivity contribution is 7.14. The standard InChI is InChI=1S/C17H17N3O3S/c1-3-14-11(2)8-15(24-14)17(22)20-19-16(21)10-23-13-6-4-12(9-18)5-7-13/h4-8H,3,10H2,1-2H3,(H,19,21)(H,20,22). The van der Waals surface area contributed by atoms with Crippen LogP contribution in [0.3, 0.4) is 0 Å². The van der Waals surface area contributed by atoms with Gasteiger partial charge in [0.05, 0.1) is 16.5 Å². The van der Waals surface area contributed by atoms with Crippen LogP contribution in [0, 0.1) is 18.3 Å². The van der Waals surface area contributed by atoms with Crippen LogP contribution in [0.4, 0.5) is 0 Å². The molecule has 1 aromatic heterocycles. The molecular formula is C17H17N3O3S. The van der Waals surface area contributed by atoms with Gasteiger partial charge in [-0.15, -0.1) is 11.3 Å². The molecule has 0 aliphatic rings. The van der Waals surface area contributed by atoms with Crippen molar-refractivity contribution in [1.29, 1.82) is 5.26 Å². The molecule has 0 spiro atoms. The first-order valence-corrected chi connectivity index (χ1v) is 8.16. The quantitative estimate of drug-likeness (QED) is 0.815. The Balaban J connectivity index is 1.79. The second-order valence-corrected chi connectivity index (χ2v) is 6.13. The molecule has 0 unspecified atom stereocenters. The van der Waals surface area contributed by atoms with E-state index in [0.717, 1.165) is 16.9 Å². The first-order chi connectivity index (χ1) is 11.5. The van der Waals surface area contributed by atoms with Crippen molar-refractivity contribution in [2.75, 3.05) is 6.61 Å². The van der Waals surface area contributed by atoms with Crippen LogP contribution in [0.15, 0.2) is 30.3 Å². The fourth-order valence-corrected chi connectivity index (χ4v) is 2.99. The van der Waals surface area contributed by atoms with Gasteiger partial charge in [-0.1, -0.05) is 6.92 Å². The topological polar surface area (TPSA) is 91.2 Å². The number of nitrogens with zero attached hydrogens (tertiary/aromatic N) is 1. The number of hydrogen-bond donors (Lipinski definition) is 2. The normalized spacial score (nSPS) is 9.88. The van der Waals surface area contributed by atoms with E-state index in [1.54, 1.807) is 30.3 Å². The molecule has 0 bridgehead atoms. The molecule has 124 valence electrons. The minimum absolute atomic E-state index is 0.240. The molecule has 0 atom stereocenters. The van der Waals surface area contributed by atoms with Crippen molar-refractivity contribution in [3.05, 3.63) is 51.2 Å². The molecular weight excluding hydrogens is 326 g/mol. The highest BCUT2D eigenvalue weighted by atomic mass is 32.1. The van der Waals surface area contributed by atoms with Gasteiger partial charge in [-0.05, 0) is 49.2 Å². The van der Waals surface area contributed by atoms with Gasteiger partial charge in [0, 0.05) is 4.88 Å². The van der Waals surface area contributed by atoms with Gasteiger partial charge in [0.15, 0.2) is 6.61 Å². The fraction of sp³-hybridized carbons (Fsp3) is 0.235. The second kappa shape index (κ2) is 8.13. The van der Waals surface area contributed by atoms with E-state index >= 15 is 0 Å². The molecule has 0 saturated carbocycles. The molecule has 0 aliphatic carbocycles. The molecule has 0 radical (unpaired) electrons. The smallest absolute Gasteiger partial charge is 0.279 e. The van der Waals surface area contributed by atoms with Crippen molar-refractivity contribution in [2.45, 2.75) is 20.3 Å². The number of nitrogens with one attached hydrogen (secondary N) is 2. The molecule has 1 heterocycles. The van der Waals surface area contributed by atoms with E-state index in [9.17, 15) is 9.59 Å². The SMILES string of the molecule is CCc1sc(C(=O)NNC(=O)COc2ccc(C#N)cc2)cc1C. The molecule has 6 nitrogen and oxygen atoms in total. The zero-order chi connectivity index (χ0) is 17.5. The van der Waals surface area contributed by atoms with Gasteiger partial charge in [0.2, 0.25) is 0 Å². The monoisotopic (exact) mass is 343 g/mol. The first-order valence-electron chi connectivity index (χ1n) is 7.35. The summed E-state index contributed by atoms with van der Waals surface area (Å²) in [5.74, 6) is -0.358. The summed E-state index contributed by atoms with van der Waals surface area (Å²) >= 11 is 1.41. The maximum Gasteiger partial charge on any atom is 0.279 e. The summed E-state index contributed by atoms with van der Waals surface area (Å²) in [7, 11) is 0. The highest BCUT2D eigenvalue weighted by Crippen LogP contribution is 2.21. The van der Waals surface area contributed by atoms with Gasteiger partial charge in [0.25, 0.3) is 11.8 Å². The zero-order valence-electron chi connectivity index (χ0n) is 13.4. The number of aryl methyl sites for hydroxylation is 2. The molecule has 1 aromatic carbocycles. The average Bonchev–Trinajstić information content (AvgIpc) is 2.99. The van der Waals surface area contributed by atoms with E-state index in [2.05, 4.69) is 10.9 Å². The predicted octanol–water partition coefficient (Wildman–Crippen LogP) is 2.33. The lowest BCUT2D eigenvalue weighted by Gasteiger charge is -2.08. The number of carbonyl (C=O) groups excluding carboxylic acids is 2. The van der Waals surface area contributed by atoms with Crippen molar-refractivity contribution in [3.63, 3.8) is 0 Å². The van der Waals surface area contributed by atoms with Crippen LogP contribution >= 0.6 is 11.3 Å². The minimum atomic E-state index is -0.475. The molecule has 2 rings (SSSR count). The van der Waals surface area contributed by atoms with Gasteiger partial charge < -0.3 is 4.74 Å². The fourth-order valence-electron chi connectivity index (χ4n) is 1.98. The van der Waals surface area contributed by atoms with Crippen molar-refractivity contribution in [1.82, 2.24) is 10.9 Å². The van der Waals surface area contributed by atoms with E-state index in [1.165, 1.54) is 11.3 Å². The molecule has 7 heteroatoms. The maximum absolute atomic E-state index is 12.0. The molecule has 2 aromatic rings. The summed E-state index contributed by atoms with van der Waals surface area (Å²) in [6, 6.07) is 10.2. The Morgan fingerprint density at radius 1 is 1.25 bits per heavy atom. The number of hydrazine groups is 1. The van der Waals surface area contributed by atoms with Crippen LogP contribution in [-0.4, -0.2) is 18.4 Å². The number of amides is 2. The summed E-state index contributed by atoms with van der Waals surface area (Å²) < 4.78 is 5.28. The third-order valence-electron chi connectivity index (χ3n) is 3.23. The Labute approximate surface area is 144 Å². The number of ether oxygens (including phenoxy) is 1. The lowest BCUT2D eigenvalue weighted by atomic mass is 10.2. The van der Waals surface area contributed by atoms with E-state index in [1.807, 2.05) is 19.9 Å². The second-order valence-electron chi connectivity index (χ2n) is 5.00. The van der Waals surface area contributed by atoms with Crippen LogP contribution in [0.2, 0.25) is 0 Å². The van der Waals surface area contributed by atoms with E-state index in [4.69, 9.17) is 10.00 Å². The van der Waals surface area contributed by atoms with Crippen molar-refractivity contribution in [2.24, 2.45) is 0 Å². The van der Waals surface area contributed by atoms with E-state index < -0.39 is 5.91 Å². The Kier molecular flexibility index (Phi) is 5.93. The lowest BCUT2D eigenvalue weighted by Crippen LogP contribution is -2.43. The number of benzene rings is 1. The summed E-state index contributed by atoms with van der Waals surface area (Å²) in [6.07, 6.45) is 0.870. The van der Waals surface area contributed by atoms with Crippen LogP contribution in [-0.2, 0) is 11.2 Å². The number of nitriles is 1. The highest BCUT2D eigenvalue weighted by Gasteiger charge is 2.12. The Morgan fingerprint density at radius 3 is 2.54 bits per heavy atom. The van der Waals surface area contributed by atoms with Gasteiger partial charge in [0.1, 0.15) is 5.75 Å². The van der Waals surface area contributed by atoms with Gasteiger partial charge in [-0.25, -0.2) is 0 Å². The van der Waals surface area contributed by atoms with Crippen molar-refractivity contribution < 1.29 is 14.3 Å². The molecule has 2 amide bonds. The zero-order valence-corrected chi connectivity index (χ0v) is 14.2. The predicted molar refractivity (Wildman–Crippen MR) is 90.7 cm³/mol. The maximum atomic E-state index is 12.0. The number of thiophene rings is 1.